The fourth-order valence-electron chi connectivity index (χ4n) is 2.94. The number of benzene rings is 1. The maximum Gasteiger partial charge on any atom is 0.244 e. The van der Waals surface area contributed by atoms with Gasteiger partial charge in [0.05, 0.1) is 0 Å². The molecule has 0 bridgehead atoms. The zero-order valence-corrected chi connectivity index (χ0v) is 14.2. The summed E-state index contributed by atoms with van der Waals surface area (Å²) in [7, 11) is -4.34. The van der Waals surface area contributed by atoms with Gasteiger partial charge >= 0.3 is 0 Å². The molecule has 2 rings (SSSR count). The van der Waals surface area contributed by atoms with Gasteiger partial charge in [-0.05, 0) is 24.8 Å². The molecule has 1 fully saturated rings. The summed E-state index contributed by atoms with van der Waals surface area (Å²) >= 11 is 0. The molecule has 0 aliphatic heterocycles. The van der Waals surface area contributed by atoms with Gasteiger partial charge in [-0.2, -0.15) is 0 Å². The standard InChI is InChI=1S/C14H19F3N2O2S.ClH/c1-9-4-2-3-5-14(9,8-18)19-22(20,21)13-7-11(16)10(15)6-12(13)17;/h6-7,9,19H,2-5,8,18H2,1H3;1H. The second-order valence-corrected chi connectivity index (χ2v) is 7.46. The molecule has 1 aromatic carbocycles. The van der Waals surface area contributed by atoms with Crippen LogP contribution in [0, 0.1) is 23.4 Å². The lowest BCUT2D eigenvalue weighted by molar-refractivity contribution is 0.191. The van der Waals surface area contributed by atoms with Crippen molar-refractivity contribution in [2.45, 2.75) is 43.0 Å². The van der Waals surface area contributed by atoms with Gasteiger partial charge in [-0.1, -0.05) is 19.8 Å². The number of halogens is 4. The van der Waals surface area contributed by atoms with Crippen molar-refractivity contribution in [2.75, 3.05) is 6.54 Å². The van der Waals surface area contributed by atoms with Crippen LogP contribution in [0.25, 0.3) is 0 Å². The van der Waals surface area contributed by atoms with Crippen LogP contribution < -0.4 is 10.5 Å². The van der Waals surface area contributed by atoms with E-state index in [2.05, 4.69) is 4.72 Å². The predicted molar refractivity (Wildman–Crippen MR) is 83.3 cm³/mol. The third-order valence-electron chi connectivity index (χ3n) is 4.42. The van der Waals surface area contributed by atoms with Gasteiger partial charge in [-0.3, -0.25) is 0 Å². The van der Waals surface area contributed by atoms with Crippen molar-refractivity contribution in [1.29, 1.82) is 0 Å². The SMILES string of the molecule is CC1CCCCC1(CN)NS(=O)(=O)c1cc(F)c(F)cc1F.Cl. The molecule has 1 aliphatic rings. The summed E-state index contributed by atoms with van der Waals surface area (Å²) in [5.74, 6) is -4.22. The van der Waals surface area contributed by atoms with Crippen LogP contribution in [0.4, 0.5) is 13.2 Å². The lowest BCUT2D eigenvalue weighted by atomic mass is 9.74. The van der Waals surface area contributed by atoms with Crippen LogP contribution >= 0.6 is 12.4 Å². The van der Waals surface area contributed by atoms with Crippen LogP contribution in [0.3, 0.4) is 0 Å². The molecule has 132 valence electrons. The second kappa shape index (κ2) is 7.38. The molecule has 4 nitrogen and oxygen atoms in total. The van der Waals surface area contributed by atoms with E-state index >= 15 is 0 Å². The Hall–Kier alpha value is -0.830. The van der Waals surface area contributed by atoms with Gasteiger partial charge in [0.15, 0.2) is 11.6 Å². The van der Waals surface area contributed by atoms with Crippen LogP contribution in [0.15, 0.2) is 17.0 Å². The van der Waals surface area contributed by atoms with Gasteiger partial charge in [0, 0.05) is 18.2 Å². The number of rotatable bonds is 4. The van der Waals surface area contributed by atoms with Gasteiger partial charge in [-0.25, -0.2) is 26.3 Å². The summed E-state index contributed by atoms with van der Waals surface area (Å²) in [4.78, 5) is -0.906. The van der Waals surface area contributed by atoms with E-state index in [1.807, 2.05) is 6.92 Å². The van der Waals surface area contributed by atoms with Crippen LogP contribution in [0.2, 0.25) is 0 Å². The van der Waals surface area contributed by atoms with Gasteiger partial charge in [-0.15, -0.1) is 12.4 Å². The predicted octanol–water partition coefficient (Wildman–Crippen LogP) is 2.71. The summed E-state index contributed by atoms with van der Waals surface area (Å²) in [6, 6.07) is 0.577. The number of sulfonamides is 1. The Labute approximate surface area is 140 Å². The van der Waals surface area contributed by atoms with E-state index in [1.165, 1.54) is 0 Å². The Bertz CT molecular complexity index is 672. The molecule has 0 heterocycles. The zero-order valence-electron chi connectivity index (χ0n) is 12.6. The molecule has 0 spiro atoms. The molecule has 0 saturated heterocycles. The van der Waals surface area contributed by atoms with Crippen LogP contribution in [0.1, 0.15) is 32.6 Å². The van der Waals surface area contributed by atoms with Crippen molar-refractivity contribution < 1.29 is 21.6 Å². The van der Waals surface area contributed by atoms with E-state index < -0.39 is 37.9 Å². The Morgan fingerprint density at radius 3 is 2.39 bits per heavy atom. The first-order valence-corrected chi connectivity index (χ1v) is 8.59. The first-order chi connectivity index (χ1) is 10.2. The average Bonchev–Trinajstić information content (AvgIpc) is 2.45. The molecular formula is C14H20ClF3N2O2S. The fourth-order valence-corrected chi connectivity index (χ4v) is 4.55. The Kier molecular flexibility index (Phi) is 6.48. The molecule has 1 aromatic rings. The molecule has 1 aliphatic carbocycles. The Morgan fingerprint density at radius 2 is 1.83 bits per heavy atom. The molecular weight excluding hydrogens is 353 g/mol. The maximum atomic E-state index is 13.7. The summed E-state index contributed by atoms with van der Waals surface area (Å²) in [5.41, 5.74) is 4.86. The first-order valence-electron chi connectivity index (χ1n) is 7.10. The van der Waals surface area contributed by atoms with E-state index in [0.29, 0.717) is 12.5 Å². The Morgan fingerprint density at radius 1 is 1.22 bits per heavy atom. The quantitative estimate of drug-likeness (QED) is 0.798. The number of nitrogens with one attached hydrogen (secondary N) is 1. The van der Waals surface area contributed by atoms with Crippen molar-refractivity contribution >= 4 is 22.4 Å². The normalized spacial score (nSPS) is 25.0. The number of hydrogen-bond acceptors (Lipinski definition) is 3. The minimum Gasteiger partial charge on any atom is -0.329 e. The van der Waals surface area contributed by atoms with E-state index in [0.717, 1.165) is 19.3 Å². The molecule has 1 saturated carbocycles. The topological polar surface area (TPSA) is 72.2 Å². The van der Waals surface area contributed by atoms with Gasteiger partial charge in [0.1, 0.15) is 10.7 Å². The Balaban J connectivity index is 0.00000264. The van der Waals surface area contributed by atoms with Crippen molar-refractivity contribution in [3.8, 4) is 0 Å². The second-order valence-electron chi connectivity index (χ2n) is 5.81. The molecule has 0 aromatic heterocycles. The molecule has 23 heavy (non-hydrogen) atoms. The molecule has 2 unspecified atom stereocenters. The number of hydrogen-bond donors (Lipinski definition) is 2. The summed E-state index contributed by atoms with van der Waals surface area (Å²) in [5, 5.41) is 0. The van der Waals surface area contributed by atoms with E-state index in [1.54, 1.807) is 0 Å². The highest BCUT2D eigenvalue weighted by molar-refractivity contribution is 7.89. The van der Waals surface area contributed by atoms with E-state index in [-0.39, 0.29) is 30.9 Å². The lowest BCUT2D eigenvalue weighted by Crippen LogP contribution is -2.59. The van der Waals surface area contributed by atoms with Crippen LogP contribution in [-0.2, 0) is 10.0 Å². The third-order valence-corrected chi connectivity index (χ3v) is 5.99. The third kappa shape index (κ3) is 3.99. The highest BCUT2D eigenvalue weighted by atomic mass is 35.5. The minimum absolute atomic E-state index is 0. The molecule has 0 radical (unpaired) electrons. The fraction of sp³-hybridized carbons (Fsp3) is 0.571. The van der Waals surface area contributed by atoms with Crippen LogP contribution in [0.5, 0.6) is 0 Å². The summed E-state index contributed by atoms with van der Waals surface area (Å²) in [6.07, 6.45) is 3.07. The lowest BCUT2D eigenvalue weighted by Gasteiger charge is -2.42. The van der Waals surface area contributed by atoms with E-state index in [9.17, 15) is 21.6 Å². The van der Waals surface area contributed by atoms with Crippen molar-refractivity contribution in [3.05, 3.63) is 29.6 Å². The van der Waals surface area contributed by atoms with Gasteiger partial charge in [0.2, 0.25) is 10.0 Å². The molecule has 2 atom stereocenters. The summed E-state index contributed by atoms with van der Waals surface area (Å²) < 4.78 is 67.2. The largest absolute Gasteiger partial charge is 0.329 e. The van der Waals surface area contributed by atoms with Gasteiger partial charge in [0.25, 0.3) is 0 Å². The monoisotopic (exact) mass is 372 g/mol. The molecule has 9 heteroatoms. The van der Waals surface area contributed by atoms with Crippen LogP contribution in [-0.4, -0.2) is 20.5 Å². The highest BCUT2D eigenvalue weighted by Crippen LogP contribution is 2.34. The number of nitrogens with two attached hydrogens (primary N) is 1. The first kappa shape index (κ1) is 20.2. The molecule has 0 amide bonds. The average molecular weight is 373 g/mol. The van der Waals surface area contributed by atoms with Crippen molar-refractivity contribution in [1.82, 2.24) is 4.72 Å². The highest BCUT2D eigenvalue weighted by Gasteiger charge is 2.41. The van der Waals surface area contributed by atoms with Crippen molar-refractivity contribution in [3.63, 3.8) is 0 Å². The van der Waals surface area contributed by atoms with E-state index in [4.69, 9.17) is 5.73 Å². The van der Waals surface area contributed by atoms with Crippen molar-refractivity contribution in [2.24, 2.45) is 11.7 Å². The van der Waals surface area contributed by atoms with Gasteiger partial charge < -0.3 is 5.73 Å². The zero-order chi connectivity index (χ0) is 16.5. The maximum absolute atomic E-state index is 13.7. The minimum atomic E-state index is -4.34. The smallest absolute Gasteiger partial charge is 0.244 e. The summed E-state index contributed by atoms with van der Waals surface area (Å²) in [6.45, 7) is 1.93. The molecule has 3 N–H and O–H groups in total.